The van der Waals surface area contributed by atoms with Crippen LogP contribution in [0.5, 0.6) is 11.5 Å². The zero-order chi connectivity index (χ0) is 16.4. The maximum Gasteiger partial charge on any atom is 0.128 e. The molecule has 0 amide bonds. The lowest BCUT2D eigenvalue weighted by Gasteiger charge is -2.19. The third-order valence-corrected chi connectivity index (χ3v) is 5.22. The summed E-state index contributed by atoms with van der Waals surface area (Å²) in [6.07, 6.45) is 2.99. The Bertz CT molecular complexity index is 683. The number of rotatable bonds is 4. The molecular formula is C18H21BrN2O2. The second-order valence-corrected chi connectivity index (χ2v) is 6.72. The second kappa shape index (κ2) is 6.79. The number of benzene rings is 1. The van der Waals surface area contributed by atoms with Gasteiger partial charge >= 0.3 is 0 Å². The molecule has 1 aromatic carbocycles. The van der Waals surface area contributed by atoms with Crippen LogP contribution in [0.4, 0.5) is 5.82 Å². The molecule has 122 valence electrons. The predicted octanol–water partition coefficient (Wildman–Crippen LogP) is 4.16. The van der Waals surface area contributed by atoms with Crippen molar-refractivity contribution in [1.82, 2.24) is 4.98 Å². The van der Waals surface area contributed by atoms with Gasteiger partial charge in [-0.1, -0.05) is 0 Å². The van der Waals surface area contributed by atoms with E-state index in [4.69, 9.17) is 9.47 Å². The molecule has 0 N–H and O–H groups in total. The van der Waals surface area contributed by atoms with Gasteiger partial charge < -0.3 is 14.4 Å². The van der Waals surface area contributed by atoms with Gasteiger partial charge in [0.2, 0.25) is 0 Å². The van der Waals surface area contributed by atoms with Crippen LogP contribution in [0.2, 0.25) is 0 Å². The third kappa shape index (κ3) is 3.44. The van der Waals surface area contributed by atoms with Gasteiger partial charge in [-0.3, -0.25) is 0 Å². The van der Waals surface area contributed by atoms with E-state index in [0.717, 1.165) is 41.3 Å². The minimum atomic E-state index is 0.463. The van der Waals surface area contributed by atoms with Gasteiger partial charge in [-0.2, -0.15) is 0 Å². The summed E-state index contributed by atoms with van der Waals surface area (Å²) < 4.78 is 11.8. The highest BCUT2D eigenvalue weighted by molar-refractivity contribution is 9.10. The lowest BCUT2D eigenvalue weighted by molar-refractivity contribution is 0.393. The fraction of sp³-hybridized carbons (Fsp3) is 0.389. The molecule has 2 heterocycles. The number of halogens is 1. The van der Waals surface area contributed by atoms with Crippen LogP contribution in [0.15, 0.2) is 34.9 Å². The summed E-state index contributed by atoms with van der Waals surface area (Å²) in [6, 6.07) is 8.27. The van der Waals surface area contributed by atoms with E-state index in [-0.39, 0.29) is 0 Å². The molecule has 4 nitrogen and oxygen atoms in total. The fourth-order valence-electron chi connectivity index (χ4n) is 3.00. The lowest BCUT2D eigenvalue weighted by atomic mass is 9.98. The second-order valence-electron chi connectivity index (χ2n) is 5.87. The average Bonchev–Trinajstić information content (AvgIpc) is 3.07. The Labute approximate surface area is 145 Å². The van der Waals surface area contributed by atoms with E-state index in [1.54, 1.807) is 14.2 Å². The fourth-order valence-corrected chi connectivity index (χ4v) is 3.22. The van der Waals surface area contributed by atoms with Crippen LogP contribution < -0.4 is 14.4 Å². The number of pyridine rings is 1. The van der Waals surface area contributed by atoms with E-state index < -0.39 is 0 Å². The van der Waals surface area contributed by atoms with Crippen molar-refractivity contribution in [3.8, 4) is 11.5 Å². The molecule has 0 radical (unpaired) electrons. The molecule has 0 saturated carbocycles. The summed E-state index contributed by atoms with van der Waals surface area (Å²) in [6.45, 7) is 4.07. The van der Waals surface area contributed by atoms with Gasteiger partial charge in [0.25, 0.3) is 0 Å². The molecule has 1 aliphatic rings. The average molecular weight is 377 g/mol. The van der Waals surface area contributed by atoms with Crippen molar-refractivity contribution in [2.45, 2.75) is 19.3 Å². The molecule has 1 fully saturated rings. The van der Waals surface area contributed by atoms with E-state index >= 15 is 0 Å². The summed E-state index contributed by atoms with van der Waals surface area (Å²) in [5.41, 5.74) is 2.47. The number of anilines is 1. The van der Waals surface area contributed by atoms with Gasteiger partial charge in [0.1, 0.15) is 17.3 Å². The molecule has 1 atom stereocenters. The molecule has 1 aliphatic heterocycles. The first kappa shape index (κ1) is 16.1. The maximum atomic E-state index is 5.39. The highest BCUT2D eigenvalue weighted by atomic mass is 79.9. The molecule has 0 spiro atoms. The number of methoxy groups -OCH3 is 2. The predicted molar refractivity (Wildman–Crippen MR) is 95.8 cm³/mol. The van der Waals surface area contributed by atoms with E-state index in [0.29, 0.717) is 5.92 Å². The number of aryl methyl sites for hydroxylation is 1. The van der Waals surface area contributed by atoms with E-state index in [9.17, 15) is 0 Å². The minimum absolute atomic E-state index is 0.463. The quantitative estimate of drug-likeness (QED) is 0.801. The van der Waals surface area contributed by atoms with Crippen molar-refractivity contribution in [3.63, 3.8) is 0 Å². The molecule has 1 aromatic heterocycles. The minimum Gasteiger partial charge on any atom is -0.497 e. The summed E-state index contributed by atoms with van der Waals surface area (Å²) in [4.78, 5) is 6.89. The lowest BCUT2D eigenvalue weighted by Crippen LogP contribution is -2.20. The Morgan fingerprint density at radius 3 is 2.43 bits per heavy atom. The van der Waals surface area contributed by atoms with Crippen molar-refractivity contribution in [3.05, 3.63) is 46.1 Å². The monoisotopic (exact) mass is 376 g/mol. The number of ether oxygens (including phenoxy) is 2. The van der Waals surface area contributed by atoms with Crippen LogP contribution in [0.1, 0.15) is 23.5 Å². The van der Waals surface area contributed by atoms with Crippen LogP contribution in [-0.2, 0) is 0 Å². The Morgan fingerprint density at radius 1 is 1.13 bits per heavy atom. The van der Waals surface area contributed by atoms with Gasteiger partial charge in [0.15, 0.2) is 0 Å². The van der Waals surface area contributed by atoms with Gasteiger partial charge in [-0.15, -0.1) is 0 Å². The van der Waals surface area contributed by atoms with Crippen molar-refractivity contribution in [1.29, 1.82) is 0 Å². The zero-order valence-corrected chi connectivity index (χ0v) is 15.3. The first-order valence-corrected chi connectivity index (χ1v) is 8.50. The number of aromatic nitrogens is 1. The van der Waals surface area contributed by atoms with Crippen LogP contribution in [0.25, 0.3) is 0 Å². The van der Waals surface area contributed by atoms with Crippen molar-refractivity contribution >= 4 is 21.7 Å². The van der Waals surface area contributed by atoms with Crippen molar-refractivity contribution in [2.24, 2.45) is 0 Å². The van der Waals surface area contributed by atoms with E-state index in [1.807, 2.05) is 12.3 Å². The SMILES string of the molecule is COc1cc(OC)cc(C2CCN(c3cc(C)c(Br)cn3)C2)c1. The maximum absolute atomic E-state index is 5.39. The topological polar surface area (TPSA) is 34.6 Å². The summed E-state index contributed by atoms with van der Waals surface area (Å²) in [7, 11) is 3.38. The van der Waals surface area contributed by atoms with E-state index in [2.05, 4.69) is 50.9 Å². The molecule has 5 heteroatoms. The molecule has 3 rings (SSSR count). The Morgan fingerprint density at radius 2 is 1.83 bits per heavy atom. The summed E-state index contributed by atoms with van der Waals surface area (Å²) >= 11 is 3.51. The van der Waals surface area contributed by atoms with Gasteiger partial charge in [0, 0.05) is 35.7 Å². The standard InChI is InChI=1S/C18H21BrN2O2/c1-12-6-18(20-10-17(12)19)21-5-4-13(11-21)14-7-15(22-2)9-16(8-14)23-3/h6-10,13H,4-5,11H2,1-3H3. The van der Waals surface area contributed by atoms with Gasteiger partial charge in [-0.25, -0.2) is 4.98 Å². The number of hydrogen-bond donors (Lipinski definition) is 0. The molecule has 1 unspecified atom stereocenters. The largest absolute Gasteiger partial charge is 0.497 e. The number of hydrogen-bond acceptors (Lipinski definition) is 4. The van der Waals surface area contributed by atoms with Crippen LogP contribution >= 0.6 is 15.9 Å². The first-order chi connectivity index (χ1) is 11.1. The van der Waals surface area contributed by atoms with Crippen LogP contribution in [0.3, 0.4) is 0 Å². The number of nitrogens with zero attached hydrogens (tertiary/aromatic N) is 2. The zero-order valence-electron chi connectivity index (χ0n) is 13.7. The molecule has 0 bridgehead atoms. The third-order valence-electron chi connectivity index (χ3n) is 4.39. The Hall–Kier alpha value is -1.75. The highest BCUT2D eigenvalue weighted by Crippen LogP contribution is 2.34. The summed E-state index contributed by atoms with van der Waals surface area (Å²) in [5, 5.41) is 0. The molecular weight excluding hydrogens is 356 g/mol. The smallest absolute Gasteiger partial charge is 0.128 e. The van der Waals surface area contributed by atoms with Gasteiger partial charge in [-0.05, 0) is 58.6 Å². The van der Waals surface area contributed by atoms with Crippen molar-refractivity contribution < 1.29 is 9.47 Å². The normalized spacial score (nSPS) is 17.4. The highest BCUT2D eigenvalue weighted by Gasteiger charge is 2.26. The summed E-state index contributed by atoms with van der Waals surface area (Å²) in [5.74, 6) is 3.19. The van der Waals surface area contributed by atoms with Crippen LogP contribution in [-0.4, -0.2) is 32.3 Å². The van der Waals surface area contributed by atoms with Gasteiger partial charge in [0.05, 0.1) is 14.2 Å². The van der Waals surface area contributed by atoms with Crippen molar-refractivity contribution in [2.75, 3.05) is 32.2 Å². The Kier molecular flexibility index (Phi) is 4.76. The van der Waals surface area contributed by atoms with E-state index in [1.165, 1.54) is 11.1 Å². The Balaban J connectivity index is 1.80. The molecule has 0 aliphatic carbocycles. The first-order valence-electron chi connectivity index (χ1n) is 7.70. The molecule has 2 aromatic rings. The molecule has 23 heavy (non-hydrogen) atoms. The van der Waals surface area contributed by atoms with Crippen LogP contribution in [0, 0.1) is 6.92 Å². The molecule has 1 saturated heterocycles.